The molecule has 2 amide bonds. The lowest BCUT2D eigenvalue weighted by Gasteiger charge is -2.32. The molecule has 0 aliphatic heterocycles. The molecule has 0 saturated carbocycles. The second kappa shape index (κ2) is 11.4. The highest BCUT2D eigenvalue weighted by molar-refractivity contribution is 5.90. The van der Waals surface area contributed by atoms with Crippen LogP contribution in [0.4, 0.5) is 0 Å². The van der Waals surface area contributed by atoms with E-state index in [1.165, 1.54) is 5.56 Å². The molecule has 2 rings (SSSR count). The molecule has 2 aromatic carbocycles. The fraction of sp³-hybridized carbons (Fsp3) is 0.417. The predicted molar refractivity (Wildman–Crippen MR) is 118 cm³/mol. The van der Waals surface area contributed by atoms with Gasteiger partial charge >= 0.3 is 0 Å². The van der Waals surface area contributed by atoms with Gasteiger partial charge in [-0.2, -0.15) is 0 Å². The van der Waals surface area contributed by atoms with Crippen LogP contribution in [0.2, 0.25) is 0 Å². The summed E-state index contributed by atoms with van der Waals surface area (Å²) in [6.45, 7) is 4.54. The lowest BCUT2D eigenvalue weighted by atomic mass is 9.99. The topological polar surface area (TPSA) is 61.4 Å². The van der Waals surface area contributed by atoms with E-state index < -0.39 is 6.04 Å². The molecule has 29 heavy (non-hydrogen) atoms. The molecular formula is C24H33N3O2. The van der Waals surface area contributed by atoms with Crippen LogP contribution in [0.1, 0.15) is 25.0 Å². The zero-order valence-electron chi connectivity index (χ0n) is 17.9. The molecule has 2 aromatic rings. The number of nitrogens with one attached hydrogen (secondary N) is 2. The summed E-state index contributed by atoms with van der Waals surface area (Å²) >= 11 is 0. The van der Waals surface area contributed by atoms with Crippen molar-refractivity contribution in [3.05, 3.63) is 71.8 Å². The van der Waals surface area contributed by atoms with Crippen molar-refractivity contribution in [3.63, 3.8) is 0 Å². The SMILES string of the molecule is CN[C@@H](C(=O)N(C)[C@H](Cc1ccccc1)C(=O)NCCc1ccccc1)C(C)C. The lowest BCUT2D eigenvalue weighted by Crippen LogP contribution is -2.55. The Morgan fingerprint density at radius 1 is 0.931 bits per heavy atom. The summed E-state index contributed by atoms with van der Waals surface area (Å²) in [5.74, 6) is -0.0608. The van der Waals surface area contributed by atoms with Crippen LogP contribution >= 0.6 is 0 Å². The maximum Gasteiger partial charge on any atom is 0.243 e. The van der Waals surface area contributed by atoms with Crippen LogP contribution in [0, 0.1) is 5.92 Å². The first-order valence-corrected chi connectivity index (χ1v) is 10.2. The van der Waals surface area contributed by atoms with Crippen molar-refractivity contribution < 1.29 is 9.59 Å². The molecule has 0 heterocycles. The molecule has 0 spiro atoms. The zero-order chi connectivity index (χ0) is 21.2. The van der Waals surface area contributed by atoms with E-state index in [4.69, 9.17) is 0 Å². The molecule has 2 atom stereocenters. The van der Waals surface area contributed by atoms with Crippen LogP contribution in [0.25, 0.3) is 0 Å². The van der Waals surface area contributed by atoms with E-state index in [0.717, 1.165) is 12.0 Å². The minimum Gasteiger partial charge on any atom is -0.354 e. The summed E-state index contributed by atoms with van der Waals surface area (Å²) in [6.07, 6.45) is 1.24. The van der Waals surface area contributed by atoms with Crippen molar-refractivity contribution in [2.75, 3.05) is 20.6 Å². The Balaban J connectivity index is 2.10. The Morgan fingerprint density at radius 3 is 2.00 bits per heavy atom. The second-order valence-corrected chi connectivity index (χ2v) is 7.69. The smallest absolute Gasteiger partial charge is 0.243 e. The van der Waals surface area contributed by atoms with E-state index in [1.54, 1.807) is 19.0 Å². The van der Waals surface area contributed by atoms with Gasteiger partial charge in [0.2, 0.25) is 11.8 Å². The predicted octanol–water partition coefficient (Wildman–Crippen LogP) is 2.66. The van der Waals surface area contributed by atoms with Gasteiger partial charge in [0, 0.05) is 20.0 Å². The molecule has 0 fully saturated rings. The largest absolute Gasteiger partial charge is 0.354 e. The van der Waals surface area contributed by atoms with Crippen LogP contribution in [0.15, 0.2) is 60.7 Å². The number of nitrogens with zero attached hydrogens (tertiary/aromatic N) is 1. The highest BCUT2D eigenvalue weighted by Crippen LogP contribution is 2.13. The van der Waals surface area contributed by atoms with Crippen molar-refractivity contribution in [1.82, 2.24) is 15.5 Å². The average Bonchev–Trinajstić information content (AvgIpc) is 2.73. The molecule has 0 radical (unpaired) electrons. The fourth-order valence-corrected chi connectivity index (χ4v) is 3.45. The molecular weight excluding hydrogens is 362 g/mol. The first-order valence-electron chi connectivity index (χ1n) is 10.2. The highest BCUT2D eigenvalue weighted by Gasteiger charge is 2.31. The van der Waals surface area contributed by atoms with E-state index in [9.17, 15) is 9.59 Å². The molecule has 0 aliphatic carbocycles. The number of hydrogen-bond donors (Lipinski definition) is 2. The fourth-order valence-electron chi connectivity index (χ4n) is 3.45. The van der Waals surface area contributed by atoms with Gasteiger partial charge in [-0.25, -0.2) is 0 Å². The molecule has 2 N–H and O–H groups in total. The Morgan fingerprint density at radius 2 is 1.48 bits per heavy atom. The minimum absolute atomic E-state index is 0.0679. The number of amides is 2. The van der Waals surface area contributed by atoms with Gasteiger partial charge in [-0.15, -0.1) is 0 Å². The summed E-state index contributed by atoms with van der Waals surface area (Å²) in [5, 5.41) is 6.10. The molecule has 156 valence electrons. The number of carbonyl (C=O) groups excluding carboxylic acids is 2. The molecule has 0 unspecified atom stereocenters. The Kier molecular flexibility index (Phi) is 8.87. The van der Waals surface area contributed by atoms with Crippen molar-refractivity contribution >= 4 is 11.8 Å². The number of benzene rings is 2. The number of rotatable bonds is 10. The quantitative estimate of drug-likeness (QED) is 0.650. The summed E-state index contributed by atoms with van der Waals surface area (Å²) in [7, 11) is 3.50. The van der Waals surface area contributed by atoms with Crippen LogP contribution in [-0.2, 0) is 22.4 Å². The first kappa shape index (κ1) is 22.6. The maximum absolute atomic E-state index is 13.0. The minimum atomic E-state index is -0.560. The normalized spacial score (nSPS) is 13.0. The third-order valence-corrected chi connectivity index (χ3v) is 5.19. The van der Waals surface area contributed by atoms with E-state index in [2.05, 4.69) is 10.6 Å². The molecule has 0 saturated heterocycles. The van der Waals surface area contributed by atoms with Gasteiger partial charge in [-0.3, -0.25) is 9.59 Å². The second-order valence-electron chi connectivity index (χ2n) is 7.69. The standard InChI is InChI=1S/C24H33N3O2/c1-18(2)22(25-3)24(29)27(4)21(17-20-13-9-6-10-14-20)23(28)26-16-15-19-11-7-5-8-12-19/h5-14,18,21-22,25H,15-17H2,1-4H3,(H,26,28)/t21-,22-/m1/s1. The van der Waals surface area contributed by atoms with Crippen molar-refractivity contribution in [3.8, 4) is 0 Å². The van der Waals surface area contributed by atoms with Gasteiger partial charge in [0.15, 0.2) is 0 Å². The lowest BCUT2D eigenvalue weighted by molar-refractivity contribution is -0.141. The van der Waals surface area contributed by atoms with Crippen molar-refractivity contribution in [2.45, 2.75) is 38.8 Å². The monoisotopic (exact) mass is 395 g/mol. The van der Waals surface area contributed by atoms with E-state index in [0.29, 0.717) is 13.0 Å². The van der Waals surface area contributed by atoms with E-state index in [1.807, 2.05) is 74.5 Å². The van der Waals surface area contributed by atoms with Gasteiger partial charge in [0.1, 0.15) is 6.04 Å². The number of hydrogen-bond acceptors (Lipinski definition) is 3. The highest BCUT2D eigenvalue weighted by atomic mass is 16.2. The summed E-state index contributed by atoms with van der Waals surface area (Å²) in [5.41, 5.74) is 2.20. The van der Waals surface area contributed by atoms with Gasteiger partial charge in [0.25, 0.3) is 0 Å². The van der Waals surface area contributed by atoms with Gasteiger partial charge in [-0.1, -0.05) is 74.5 Å². The van der Waals surface area contributed by atoms with Gasteiger partial charge in [-0.05, 0) is 30.5 Å². The van der Waals surface area contributed by atoms with Gasteiger partial charge in [0.05, 0.1) is 6.04 Å². The Hall–Kier alpha value is -2.66. The van der Waals surface area contributed by atoms with E-state index >= 15 is 0 Å². The van der Waals surface area contributed by atoms with Crippen LogP contribution < -0.4 is 10.6 Å². The summed E-state index contributed by atoms with van der Waals surface area (Å²) in [6, 6.07) is 19.0. The molecule has 5 heteroatoms. The summed E-state index contributed by atoms with van der Waals surface area (Å²) < 4.78 is 0. The van der Waals surface area contributed by atoms with Crippen LogP contribution in [0.3, 0.4) is 0 Å². The average molecular weight is 396 g/mol. The van der Waals surface area contributed by atoms with Crippen LogP contribution in [-0.4, -0.2) is 49.4 Å². The first-order chi connectivity index (χ1) is 13.9. The molecule has 0 aliphatic rings. The van der Waals surface area contributed by atoms with E-state index in [-0.39, 0.29) is 23.8 Å². The van der Waals surface area contributed by atoms with Crippen LogP contribution in [0.5, 0.6) is 0 Å². The van der Waals surface area contributed by atoms with Crippen molar-refractivity contribution in [2.24, 2.45) is 5.92 Å². The Labute approximate surface area is 174 Å². The van der Waals surface area contributed by atoms with Crippen molar-refractivity contribution in [1.29, 1.82) is 0 Å². The third-order valence-electron chi connectivity index (χ3n) is 5.19. The zero-order valence-corrected chi connectivity index (χ0v) is 17.9. The van der Waals surface area contributed by atoms with Gasteiger partial charge < -0.3 is 15.5 Å². The summed E-state index contributed by atoms with van der Waals surface area (Å²) in [4.78, 5) is 27.7. The molecule has 0 aromatic heterocycles. The molecule has 5 nitrogen and oxygen atoms in total. The molecule has 0 bridgehead atoms. The maximum atomic E-state index is 13.0. The third kappa shape index (κ3) is 6.71. The number of likely N-dealkylation sites (N-methyl/N-ethyl adjacent to an activating group) is 2. The Bertz CT molecular complexity index is 762. The number of carbonyl (C=O) groups is 2.